The smallest absolute Gasteiger partial charge is 0.182 e. The van der Waals surface area contributed by atoms with Crippen LogP contribution in [0, 0.1) is 0 Å². The van der Waals surface area contributed by atoms with E-state index in [4.69, 9.17) is 24.4 Å². The van der Waals surface area contributed by atoms with Crippen molar-refractivity contribution >= 4 is 32.8 Å². The minimum Gasteiger partial charge on any atom is -0.454 e. The predicted octanol–water partition coefficient (Wildman–Crippen LogP) is 14.9. The zero-order chi connectivity index (χ0) is 41.7. The molecule has 11 aromatic rings. The highest BCUT2D eigenvalue weighted by atomic mass is 16.3. The van der Waals surface area contributed by atoms with Crippen molar-refractivity contribution in [2.75, 3.05) is 0 Å². The highest BCUT2D eigenvalue weighted by Gasteiger charge is 2.19. The van der Waals surface area contributed by atoms with Gasteiger partial charge in [-0.15, -0.1) is 0 Å². The van der Waals surface area contributed by atoms with Crippen molar-refractivity contribution in [3.05, 3.63) is 205 Å². The first-order valence-corrected chi connectivity index (χ1v) is 21.7. The lowest BCUT2D eigenvalue weighted by Crippen LogP contribution is -2.04. The summed E-state index contributed by atoms with van der Waals surface area (Å²) in [5.74, 6) is 1.67. The minimum atomic E-state index is 0.501. The van der Waals surface area contributed by atoms with Gasteiger partial charge in [0.25, 0.3) is 0 Å². The van der Waals surface area contributed by atoms with E-state index in [9.17, 15) is 0 Å². The molecular formula is C58H40N4O. The maximum atomic E-state index is 6.28. The first-order chi connectivity index (χ1) is 31.2. The third-order valence-corrected chi connectivity index (χ3v) is 12.5. The third-order valence-electron chi connectivity index (χ3n) is 12.5. The Hall–Kier alpha value is -8.02. The number of hydrogen-bond acceptors (Lipinski definition) is 5. The Morgan fingerprint density at radius 2 is 0.937 bits per heavy atom. The molecule has 8 aromatic carbocycles. The zero-order valence-electron chi connectivity index (χ0n) is 34.5. The van der Waals surface area contributed by atoms with Crippen LogP contribution in [-0.2, 0) is 12.8 Å². The van der Waals surface area contributed by atoms with Crippen LogP contribution in [0.1, 0.15) is 24.0 Å². The molecule has 3 aromatic heterocycles. The summed E-state index contributed by atoms with van der Waals surface area (Å²) in [6.07, 6.45) is 4.73. The van der Waals surface area contributed by atoms with Crippen LogP contribution in [0.4, 0.5) is 0 Å². The molecule has 0 unspecified atom stereocenters. The van der Waals surface area contributed by atoms with E-state index in [0.717, 1.165) is 67.9 Å². The number of rotatable bonds is 7. The Bertz CT molecular complexity index is 3500. The van der Waals surface area contributed by atoms with Gasteiger partial charge in [0.15, 0.2) is 23.1 Å². The molecule has 0 fully saturated rings. The molecular weight excluding hydrogens is 769 g/mol. The summed E-state index contributed by atoms with van der Waals surface area (Å²) < 4.78 is 6.28. The van der Waals surface area contributed by atoms with Crippen LogP contribution in [-0.4, -0.2) is 19.9 Å². The molecule has 63 heavy (non-hydrogen) atoms. The first kappa shape index (κ1) is 36.8. The van der Waals surface area contributed by atoms with Crippen LogP contribution in [0.2, 0.25) is 0 Å². The summed E-state index contributed by atoms with van der Waals surface area (Å²) in [5, 5.41) is 3.22. The lowest BCUT2D eigenvalue weighted by Gasteiger charge is -2.20. The molecule has 0 saturated heterocycles. The number of fused-ring (bicyclic) bond motifs is 6. The Balaban J connectivity index is 0.970. The Kier molecular flexibility index (Phi) is 9.03. The predicted molar refractivity (Wildman–Crippen MR) is 257 cm³/mol. The standard InChI is InChI=1S/C58H40N4O/c1-3-13-37(14-4-1)43-20-11-21-44(33-43)46-34-45(35-47(36-46)49-24-12-19-39-15-7-9-22-48(39)49)38-25-27-42(28-26-38)57-60-56(41-17-5-2-6-18-41)61-58(62-57)51-30-32-53-55(59-51)54-50-23-10-8-16-40(50)29-31-52(54)63-53/h1-6,8,10-14,16-21,23-36H,7,9,15,22H2. The minimum absolute atomic E-state index is 0.501. The SMILES string of the molecule is c1ccc(-c2cccc(-c3cc(-c4ccc(-c5nc(-c6ccccc6)nc(-c6ccc7oc8ccc9ccccc9c8c7n6)n5)cc4)cc(-c4cccc5c4CCCC5)c3)c2)cc1. The van der Waals surface area contributed by atoms with Crippen LogP contribution in [0.3, 0.4) is 0 Å². The largest absolute Gasteiger partial charge is 0.454 e. The highest BCUT2D eigenvalue weighted by molar-refractivity contribution is 6.17. The van der Waals surface area contributed by atoms with E-state index in [0.29, 0.717) is 23.2 Å². The van der Waals surface area contributed by atoms with Crippen molar-refractivity contribution in [2.45, 2.75) is 25.7 Å². The van der Waals surface area contributed by atoms with Gasteiger partial charge in [0.1, 0.15) is 16.8 Å². The first-order valence-electron chi connectivity index (χ1n) is 21.7. The number of nitrogens with zero attached hydrogens (tertiary/aromatic N) is 4. The molecule has 0 amide bonds. The second kappa shape index (κ2) is 15.5. The fraction of sp³-hybridized carbons (Fsp3) is 0.0690. The van der Waals surface area contributed by atoms with Crippen molar-refractivity contribution in [1.29, 1.82) is 0 Å². The van der Waals surface area contributed by atoms with E-state index in [-0.39, 0.29) is 0 Å². The second-order valence-corrected chi connectivity index (χ2v) is 16.5. The van der Waals surface area contributed by atoms with Gasteiger partial charge in [-0.25, -0.2) is 19.9 Å². The van der Waals surface area contributed by atoms with E-state index in [1.165, 1.54) is 57.3 Å². The summed E-state index contributed by atoms with van der Waals surface area (Å²) >= 11 is 0. The van der Waals surface area contributed by atoms with Crippen LogP contribution in [0.5, 0.6) is 0 Å². The molecule has 1 aliphatic rings. The summed E-state index contributed by atoms with van der Waals surface area (Å²) in [6, 6.07) is 68.5. The van der Waals surface area contributed by atoms with Crippen molar-refractivity contribution in [2.24, 2.45) is 0 Å². The van der Waals surface area contributed by atoms with Crippen LogP contribution in [0.15, 0.2) is 199 Å². The van der Waals surface area contributed by atoms with Gasteiger partial charge in [-0.3, -0.25) is 0 Å². The van der Waals surface area contributed by atoms with Gasteiger partial charge in [-0.2, -0.15) is 0 Å². The average molecular weight is 809 g/mol. The number of hydrogen-bond donors (Lipinski definition) is 0. The van der Waals surface area contributed by atoms with Gasteiger partial charge in [0.2, 0.25) is 0 Å². The summed E-state index contributed by atoms with van der Waals surface area (Å²) in [5.41, 5.74) is 17.4. The molecule has 3 heterocycles. The molecule has 5 nitrogen and oxygen atoms in total. The number of aryl methyl sites for hydroxylation is 1. The summed E-state index contributed by atoms with van der Waals surface area (Å²) in [6.45, 7) is 0. The Morgan fingerprint density at radius 3 is 1.75 bits per heavy atom. The lowest BCUT2D eigenvalue weighted by molar-refractivity contribution is 0.668. The third kappa shape index (κ3) is 6.84. The maximum Gasteiger partial charge on any atom is 0.182 e. The highest BCUT2D eigenvalue weighted by Crippen LogP contribution is 2.39. The van der Waals surface area contributed by atoms with E-state index in [1.807, 2.05) is 48.5 Å². The van der Waals surface area contributed by atoms with Gasteiger partial charge in [0, 0.05) is 11.1 Å². The van der Waals surface area contributed by atoms with Gasteiger partial charge >= 0.3 is 0 Å². The molecule has 0 atom stereocenters. The molecule has 0 saturated carbocycles. The lowest BCUT2D eigenvalue weighted by atomic mass is 9.84. The summed E-state index contributed by atoms with van der Waals surface area (Å²) in [7, 11) is 0. The number of furan rings is 1. The number of pyridine rings is 1. The van der Waals surface area contributed by atoms with Crippen LogP contribution in [0.25, 0.3) is 112 Å². The fourth-order valence-electron chi connectivity index (χ4n) is 9.36. The van der Waals surface area contributed by atoms with Gasteiger partial charge in [-0.05, 0) is 135 Å². The van der Waals surface area contributed by atoms with Gasteiger partial charge in [0.05, 0.1) is 5.39 Å². The molecule has 0 aliphatic heterocycles. The zero-order valence-corrected chi connectivity index (χ0v) is 34.5. The van der Waals surface area contributed by atoms with Gasteiger partial charge in [-0.1, -0.05) is 152 Å². The van der Waals surface area contributed by atoms with E-state index in [2.05, 4.69) is 146 Å². The van der Waals surface area contributed by atoms with Crippen LogP contribution < -0.4 is 0 Å². The normalized spacial score (nSPS) is 12.5. The van der Waals surface area contributed by atoms with E-state index >= 15 is 0 Å². The van der Waals surface area contributed by atoms with Crippen molar-refractivity contribution in [3.8, 4) is 78.8 Å². The van der Waals surface area contributed by atoms with E-state index < -0.39 is 0 Å². The topological polar surface area (TPSA) is 64.7 Å². The average Bonchev–Trinajstić information content (AvgIpc) is 3.75. The molecule has 5 heteroatoms. The Labute approximate surface area is 365 Å². The molecule has 1 aliphatic carbocycles. The molecule has 0 bridgehead atoms. The van der Waals surface area contributed by atoms with Crippen molar-refractivity contribution < 1.29 is 4.42 Å². The molecule has 0 radical (unpaired) electrons. The summed E-state index contributed by atoms with van der Waals surface area (Å²) in [4.78, 5) is 20.4. The van der Waals surface area contributed by atoms with Crippen molar-refractivity contribution in [3.63, 3.8) is 0 Å². The quantitative estimate of drug-likeness (QED) is 0.160. The van der Waals surface area contributed by atoms with E-state index in [1.54, 1.807) is 0 Å². The van der Waals surface area contributed by atoms with Crippen molar-refractivity contribution in [1.82, 2.24) is 19.9 Å². The number of aromatic nitrogens is 4. The Morgan fingerprint density at radius 1 is 0.365 bits per heavy atom. The molecule has 0 N–H and O–H groups in total. The van der Waals surface area contributed by atoms with Crippen LogP contribution >= 0.6 is 0 Å². The molecule has 12 rings (SSSR count). The second-order valence-electron chi connectivity index (χ2n) is 16.5. The maximum absolute atomic E-state index is 6.28. The molecule has 298 valence electrons. The van der Waals surface area contributed by atoms with Gasteiger partial charge < -0.3 is 4.42 Å². The number of benzene rings is 8. The monoisotopic (exact) mass is 808 g/mol. The fourth-order valence-corrected chi connectivity index (χ4v) is 9.36. The molecule has 0 spiro atoms.